The second-order valence-corrected chi connectivity index (χ2v) is 4.78. The smallest absolute Gasteiger partial charge is 0.326 e. The van der Waals surface area contributed by atoms with Gasteiger partial charge in [0.05, 0.1) is 5.52 Å². The number of nitrogens with one attached hydrogen (secondary N) is 1. The molecule has 100 valence electrons. The molecule has 2 N–H and O–H groups in total. The molecule has 1 aromatic carbocycles. The van der Waals surface area contributed by atoms with Crippen LogP contribution in [-0.4, -0.2) is 22.1 Å². The van der Waals surface area contributed by atoms with E-state index in [-0.39, 0.29) is 0 Å². The number of aromatic nitrogens is 1. The van der Waals surface area contributed by atoms with Crippen LogP contribution in [0.2, 0.25) is 5.02 Å². The summed E-state index contributed by atoms with van der Waals surface area (Å²) in [4.78, 5) is 15.4. The van der Waals surface area contributed by atoms with E-state index in [0.717, 1.165) is 23.0 Å². The molecule has 2 aromatic rings. The number of benzene rings is 1. The molecule has 0 spiro atoms. The van der Waals surface area contributed by atoms with E-state index in [1.54, 1.807) is 24.4 Å². The summed E-state index contributed by atoms with van der Waals surface area (Å²) in [5, 5.41) is 13.7. The Morgan fingerprint density at radius 1 is 1.47 bits per heavy atom. The third-order valence-electron chi connectivity index (χ3n) is 2.91. The van der Waals surface area contributed by atoms with Crippen LogP contribution in [0.3, 0.4) is 0 Å². The maximum Gasteiger partial charge on any atom is 0.326 e. The fraction of sp³-hybridized carbons (Fsp3) is 0.286. The van der Waals surface area contributed by atoms with Crippen LogP contribution in [0.5, 0.6) is 0 Å². The highest BCUT2D eigenvalue weighted by molar-refractivity contribution is 6.31. The number of fused-ring (bicyclic) bond motifs is 1. The van der Waals surface area contributed by atoms with Gasteiger partial charge in [0, 0.05) is 22.3 Å². The van der Waals surface area contributed by atoms with Crippen molar-refractivity contribution in [2.24, 2.45) is 0 Å². The summed E-state index contributed by atoms with van der Waals surface area (Å²) in [5.41, 5.74) is 1.51. The molecule has 0 bridgehead atoms. The van der Waals surface area contributed by atoms with Gasteiger partial charge >= 0.3 is 5.97 Å². The molecule has 0 aliphatic carbocycles. The Labute approximate surface area is 116 Å². The zero-order valence-electron chi connectivity index (χ0n) is 10.6. The number of carboxylic acid groups (broad SMARTS) is 1. The second-order valence-electron chi connectivity index (χ2n) is 4.34. The van der Waals surface area contributed by atoms with Crippen molar-refractivity contribution in [3.8, 4) is 0 Å². The molecule has 1 heterocycles. The first-order valence-corrected chi connectivity index (χ1v) is 6.53. The zero-order valence-corrected chi connectivity index (χ0v) is 11.3. The zero-order chi connectivity index (χ0) is 13.8. The molecule has 1 aromatic heterocycles. The number of anilines is 1. The van der Waals surface area contributed by atoms with Gasteiger partial charge in [0.15, 0.2) is 0 Å². The van der Waals surface area contributed by atoms with Crippen LogP contribution in [0.4, 0.5) is 5.69 Å². The summed E-state index contributed by atoms with van der Waals surface area (Å²) in [7, 11) is 0. The summed E-state index contributed by atoms with van der Waals surface area (Å²) < 4.78 is 0. The number of nitrogens with zero attached hydrogens (tertiary/aromatic N) is 1. The van der Waals surface area contributed by atoms with E-state index in [2.05, 4.69) is 10.3 Å². The standard InChI is InChI=1S/C14H15ClN2O2/c1-2-3-12(14(18)19)17-11-6-7-16-13-8-9(15)4-5-10(11)13/h4-8,12H,2-3H2,1H3,(H,16,17)(H,18,19). The molecule has 0 aliphatic rings. The fourth-order valence-electron chi connectivity index (χ4n) is 1.98. The van der Waals surface area contributed by atoms with E-state index >= 15 is 0 Å². The molecular weight excluding hydrogens is 264 g/mol. The van der Waals surface area contributed by atoms with Crippen molar-refractivity contribution in [1.29, 1.82) is 0 Å². The predicted molar refractivity (Wildman–Crippen MR) is 76.7 cm³/mol. The van der Waals surface area contributed by atoms with Gasteiger partial charge < -0.3 is 10.4 Å². The molecule has 0 amide bonds. The lowest BCUT2D eigenvalue weighted by Crippen LogP contribution is -2.29. The lowest BCUT2D eigenvalue weighted by Gasteiger charge is -2.16. The Kier molecular flexibility index (Phi) is 4.22. The predicted octanol–water partition coefficient (Wildman–Crippen LogP) is 3.55. The average Bonchev–Trinajstić information content (AvgIpc) is 2.37. The molecule has 5 heteroatoms. The molecule has 2 rings (SSSR count). The maximum absolute atomic E-state index is 11.2. The highest BCUT2D eigenvalue weighted by Gasteiger charge is 2.16. The molecule has 0 saturated carbocycles. The first kappa shape index (κ1) is 13.6. The van der Waals surface area contributed by atoms with E-state index in [0.29, 0.717) is 11.4 Å². The van der Waals surface area contributed by atoms with Crippen LogP contribution in [0, 0.1) is 0 Å². The van der Waals surface area contributed by atoms with Crippen molar-refractivity contribution in [3.05, 3.63) is 35.5 Å². The van der Waals surface area contributed by atoms with Crippen LogP contribution >= 0.6 is 11.6 Å². The van der Waals surface area contributed by atoms with Crippen LogP contribution < -0.4 is 5.32 Å². The molecule has 4 nitrogen and oxygen atoms in total. The number of rotatable bonds is 5. The minimum Gasteiger partial charge on any atom is -0.480 e. The number of carboxylic acids is 1. The lowest BCUT2D eigenvalue weighted by atomic mass is 10.1. The van der Waals surface area contributed by atoms with Gasteiger partial charge in [-0.2, -0.15) is 0 Å². The SMILES string of the molecule is CCCC(Nc1ccnc2cc(Cl)ccc12)C(=O)O. The van der Waals surface area contributed by atoms with Gasteiger partial charge in [-0.25, -0.2) is 4.79 Å². The molecule has 1 unspecified atom stereocenters. The van der Waals surface area contributed by atoms with Gasteiger partial charge in [0.25, 0.3) is 0 Å². The van der Waals surface area contributed by atoms with Crippen molar-refractivity contribution in [1.82, 2.24) is 4.98 Å². The minimum atomic E-state index is -0.847. The Morgan fingerprint density at radius 2 is 2.26 bits per heavy atom. The molecule has 19 heavy (non-hydrogen) atoms. The van der Waals surface area contributed by atoms with Crippen LogP contribution in [0.25, 0.3) is 10.9 Å². The second kappa shape index (κ2) is 5.89. The van der Waals surface area contributed by atoms with Gasteiger partial charge in [-0.15, -0.1) is 0 Å². The van der Waals surface area contributed by atoms with Crippen molar-refractivity contribution in [2.45, 2.75) is 25.8 Å². The van der Waals surface area contributed by atoms with E-state index < -0.39 is 12.0 Å². The van der Waals surface area contributed by atoms with Gasteiger partial charge in [0.2, 0.25) is 0 Å². The van der Waals surface area contributed by atoms with E-state index in [1.807, 2.05) is 13.0 Å². The van der Waals surface area contributed by atoms with E-state index in [9.17, 15) is 9.90 Å². The molecule has 0 radical (unpaired) electrons. The quantitative estimate of drug-likeness (QED) is 0.878. The molecule has 0 aliphatic heterocycles. The van der Waals surface area contributed by atoms with Gasteiger partial charge in [0.1, 0.15) is 6.04 Å². The normalized spacial score (nSPS) is 12.3. The number of hydrogen-bond acceptors (Lipinski definition) is 3. The third kappa shape index (κ3) is 3.15. The molecular formula is C14H15ClN2O2. The third-order valence-corrected chi connectivity index (χ3v) is 3.15. The van der Waals surface area contributed by atoms with Gasteiger partial charge in [-0.3, -0.25) is 4.98 Å². The number of carbonyl (C=O) groups is 1. The first-order valence-electron chi connectivity index (χ1n) is 6.15. The summed E-state index contributed by atoms with van der Waals surface area (Å²) in [6.45, 7) is 1.96. The van der Waals surface area contributed by atoms with E-state index in [1.165, 1.54) is 0 Å². The Bertz CT molecular complexity index is 601. The van der Waals surface area contributed by atoms with Crippen molar-refractivity contribution in [3.63, 3.8) is 0 Å². The largest absolute Gasteiger partial charge is 0.480 e. The van der Waals surface area contributed by atoms with Crippen molar-refractivity contribution >= 4 is 34.2 Å². The Morgan fingerprint density at radius 3 is 2.95 bits per heavy atom. The van der Waals surface area contributed by atoms with Crippen molar-refractivity contribution < 1.29 is 9.90 Å². The van der Waals surface area contributed by atoms with E-state index in [4.69, 9.17) is 11.6 Å². The summed E-state index contributed by atoms with van der Waals surface area (Å²) >= 11 is 5.92. The first-order chi connectivity index (χ1) is 9.11. The number of halogens is 1. The Hall–Kier alpha value is -1.81. The lowest BCUT2D eigenvalue weighted by molar-refractivity contribution is -0.138. The molecule has 0 fully saturated rings. The van der Waals surface area contributed by atoms with Gasteiger partial charge in [-0.05, 0) is 30.7 Å². The topological polar surface area (TPSA) is 62.2 Å². The number of pyridine rings is 1. The summed E-state index contributed by atoms with van der Waals surface area (Å²) in [6, 6.07) is 6.57. The van der Waals surface area contributed by atoms with Gasteiger partial charge in [-0.1, -0.05) is 24.9 Å². The monoisotopic (exact) mass is 278 g/mol. The number of hydrogen-bond donors (Lipinski definition) is 2. The van der Waals surface area contributed by atoms with Crippen LogP contribution in [0.1, 0.15) is 19.8 Å². The van der Waals surface area contributed by atoms with Crippen LogP contribution in [-0.2, 0) is 4.79 Å². The Balaban J connectivity index is 2.36. The maximum atomic E-state index is 11.2. The number of aliphatic carboxylic acids is 1. The minimum absolute atomic E-state index is 0.576. The molecule has 1 atom stereocenters. The molecule has 0 saturated heterocycles. The highest BCUT2D eigenvalue weighted by Crippen LogP contribution is 2.25. The average molecular weight is 279 g/mol. The van der Waals surface area contributed by atoms with Crippen LogP contribution in [0.15, 0.2) is 30.5 Å². The van der Waals surface area contributed by atoms with Crippen molar-refractivity contribution in [2.75, 3.05) is 5.32 Å². The summed E-state index contributed by atoms with van der Waals surface area (Å²) in [6.07, 6.45) is 3.03. The summed E-state index contributed by atoms with van der Waals surface area (Å²) in [5.74, 6) is -0.847. The highest BCUT2D eigenvalue weighted by atomic mass is 35.5. The fourth-order valence-corrected chi connectivity index (χ4v) is 2.15.